The van der Waals surface area contributed by atoms with Crippen LogP contribution in [0.3, 0.4) is 0 Å². The molecule has 2 aromatic rings. The molecule has 1 aromatic heterocycles. The normalized spacial score (nSPS) is 15.4. The van der Waals surface area contributed by atoms with Crippen LogP contribution in [0.4, 0.5) is 5.82 Å². The lowest BCUT2D eigenvalue weighted by atomic mass is 9.99. The van der Waals surface area contributed by atoms with E-state index in [9.17, 15) is 4.79 Å². The summed E-state index contributed by atoms with van der Waals surface area (Å²) in [6.07, 6.45) is 1.54. The van der Waals surface area contributed by atoms with Gasteiger partial charge in [-0.2, -0.15) is 5.10 Å². The summed E-state index contributed by atoms with van der Waals surface area (Å²) >= 11 is 0. The van der Waals surface area contributed by atoms with Gasteiger partial charge >= 0.3 is 0 Å². The number of carbonyl (C=O) groups is 1. The fourth-order valence-electron chi connectivity index (χ4n) is 2.70. The van der Waals surface area contributed by atoms with Crippen LogP contribution in [0.5, 0.6) is 5.75 Å². The third-order valence-electron chi connectivity index (χ3n) is 4.09. The van der Waals surface area contributed by atoms with Crippen LogP contribution in [0.15, 0.2) is 30.3 Å². The highest BCUT2D eigenvalue weighted by Crippen LogP contribution is 2.25. The van der Waals surface area contributed by atoms with Gasteiger partial charge < -0.3 is 14.8 Å². The molecule has 23 heavy (non-hydrogen) atoms. The number of hydrogen-bond acceptors (Lipinski definition) is 4. The Kier molecular flexibility index (Phi) is 4.62. The van der Waals surface area contributed by atoms with Crippen molar-refractivity contribution in [3.63, 3.8) is 0 Å². The topological polar surface area (TPSA) is 65.4 Å². The van der Waals surface area contributed by atoms with Gasteiger partial charge in [-0.15, -0.1) is 0 Å². The van der Waals surface area contributed by atoms with Gasteiger partial charge in [-0.25, -0.2) is 0 Å². The molecule has 0 atom stereocenters. The average Bonchev–Trinajstić information content (AvgIpc) is 2.96. The third kappa shape index (κ3) is 3.53. The molecule has 1 aliphatic rings. The minimum atomic E-state index is 0.0129. The van der Waals surface area contributed by atoms with Gasteiger partial charge in [0.2, 0.25) is 5.91 Å². The van der Waals surface area contributed by atoms with E-state index in [-0.39, 0.29) is 11.8 Å². The quantitative estimate of drug-likeness (QED) is 0.941. The summed E-state index contributed by atoms with van der Waals surface area (Å²) in [7, 11) is 3.46. The van der Waals surface area contributed by atoms with Gasteiger partial charge in [0, 0.05) is 37.8 Å². The lowest BCUT2D eigenvalue weighted by Gasteiger charge is -2.21. The summed E-state index contributed by atoms with van der Waals surface area (Å²) in [4.78, 5) is 12.3. The SMILES string of the molecule is COc1cccc(-c2cc(NC(=O)C3CCOCC3)n(C)n2)c1. The first-order chi connectivity index (χ1) is 11.2. The standard InChI is InChI=1S/C17H21N3O3/c1-20-16(18-17(21)12-6-8-23-9-7-12)11-15(19-20)13-4-3-5-14(10-13)22-2/h3-5,10-12H,6-9H2,1-2H3,(H,18,21). The first-order valence-corrected chi connectivity index (χ1v) is 7.74. The zero-order valence-corrected chi connectivity index (χ0v) is 13.4. The second-order valence-corrected chi connectivity index (χ2v) is 5.65. The van der Waals surface area contributed by atoms with E-state index in [0.29, 0.717) is 19.0 Å². The molecule has 0 aliphatic carbocycles. The van der Waals surface area contributed by atoms with Crippen LogP contribution in [0.2, 0.25) is 0 Å². The van der Waals surface area contributed by atoms with Crippen LogP contribution in [0.25, 0.3) is 11.3 Å². The van der Waals surface area contributed by atoms with Gasteiger partial charge in [0.25, 0.3) is 0 Å². The number of amides is 1. The molecule has 0 radical (unpaired) electrons. The van der Waals surface area contributed by atoms with Crippen LogP contribution in [-0.2, 0) is 16.6 Å². The van der Waals surface area contributed by atoms with Crippen molar-refractivity contribution in [3.05, 3.63) is 30.3 Å². The number of carbonyl (C=O) groups excluding carboxylic acids is 1. The summed E-state index contributed by atoms with van der Waals surface area (Å²) in [5.74, 6) is 1.52. The maximum Gasteiger partial charge on any atom is 0.228 e. The predicted molar refractivity (Wildman–Crippen MR) is 87.4 cm³/mol. The molecule has 1 amide bonds. The van der Waals surface area contributed by atoms with E-state index >= 15 is 0 Å². The highest BCUT2D eigenvalue weighted by molar-refractivity contribution is 5.92. The summed E-state index contributed by atoms with van der Waals surface area (Å²) in [6, 6.07) is 9.58. The molecule has 6 heteroatoms. The molecule has 0 spiro atoms. The van der Waals surface area contributed by atoms with Gasteiger partial charge in [-0.1, -0.05) is 12.1 Å². The molecular weight excluding hydrogens is 294 g/mol. The van der Waals surface area contributed by atoms with Crippen molar-refractivity contribution in [1.82, 2.24) is 9.78 Å². The Bertz CT molecular complexity index is 690. The van der Waals surface area contributed by atoms with Gasteiger partial charge in [0.05, 0.1) is 12.8 Å². The van der Waals surface area contributed by atoms with Gasteiger partial charge in [0.1, 0.15) is 11.6 Å². The first kappa shape index (κ1) is 15.6. The summed E-state index contributed by atoms with van der Waals surface area (Å²) in [6.45, 7) is 1.30. The molecule has 1 aromatic carbocycles. The largest absolute Gasteiger partial charge is 0.497 e. The van der Waals surface area contributed by atoms with Crippen molar-refractivity contribution >= 4 is 11.7 Å². The Morgan fingerprint density at radius 2 is 2.13 bits per heavy atom. The number of nitrogens with zero attached hydrogens (tertiary/aromatic N) is 2. The Hall–Kier alpha value is -2.34. The van der Waals surface area contributed by atoms with Gasteiger partial charge in [-0.05, 0) is 25.0 Å². The zero-order chi connectivity index (χ0) is 16.2. The number of aromatic nitrogens is 2. The van der Waals surface area contributed by atoms with E-state index in [1.54, 1.807) is 11.8 Å². The van der Waals surface area contributed by atoms with Crippen molar-refractivity contribution in [2.24, 2.45) is 13.0 Å². The fourth-order valence-corrected chi connectivity index (χ4v) is 2.70. The van der Waals surface area contributed by atoms with Crippen molar-refractivity contribution in [3.8, 4) is 17.0 Å². The molecule has 2 heterocycles. The monoisotopic (exact) mass is 315 g/mol. The fraction of sp³-hybridized carbons (Fsp3) is 0.412. The van der Waals surface area contributed by atoms with E-state index < -0.39 is 0 Å². The molecule has 122 valence electrons. The Balaban J connectivity index is 1.76. The van der Waals surface area contributed by atoms with Gasteiger partial charge in [-0.3, -0.25) is 9.48 Å². The molecule has 6 nitrogen and oxygen atoms in total. The number of methoxy groups -OCH3 is 1. The number of anilines is 1. The minimum Gasteiger partial charge on any atom is -0.497 e. The Morgan fingerprint density at radius 3 is 2.87 bits per heavy atom. The van der Waals surface area contributed by atoms with Crippen molar-refractivity contribution in [2.75, 3.05) is 25.6 Å². The Labute approximate surface area is 135 Å². The second kappa shape index (κ2) is 6.83. The van der Waals surface area contributed by atoms with Gasteiger partial charge in [0.15, 0.2) is 0 Å². The second-order valence-electron chi connectivity index (χ2n) is 5.65. The van der Waals surface area contributed by atoms with E-state index in [1.165, 1.54) is 0 Å². The summed E-state index contributed by atoms with van der Waals surface area (Å²) in [5.41, 5.74) is 1.75. The van der Waals surface area contributed by atoms with Crippen LogP contribution < -0.4 is 10.1 Å². The maximum atomic E-state index is 12.3. The molecular formula is C17H21N3O3. The van der Waals surface area contributed by atoms with E-state index in [2.05, 4.69) is 10.4 Å². The van der Waals surface area contributed by atoms with Crippen LogP contribution in [0, 0.1) is 5.92 Å². The van der Waals surface area contributed by atoms with Crippen molar-refractivity contribution < 1.29 is 14.3 Å². The minimum absolute atomic E-state index is 0.0129. The first-order valence-electron chi connectivity index (χ1n) is 7.74. The number of benzene rings is 1. The smallest absolute Gasteiger partial charge is 0.228 e. The summed E-state index contributed by atoms with van der Waals surface area (Å²) < 4.78 is 12.2. The highest BCUT2D eigenvalue weighted by atomic mass is 16.5. The molecule has 0 bridgehead atoms. The van der Waals surface area contributed by atoms with E-state index in [0.717, 1.165) is 29.8 Å². The van der Waals surface area contributed by atoms with Crippen LogP contribution in [-0.4, -0.2) is 36.0 Å². The highest BCUT2D eigenvalue weighted by Gasteiger charge is 2.22. The van der Waals surface area contributed by atoms with Crippen molar-refractivity contribution in [1.29, 1.82) is 0 Å². The molecule has 1 N–H and O–H groups in total. The zero-order valence-electron chi connectivity index (χ0n) is 13.4. The molecule has 3 rings (SSSR count). The Morgan fingerprint density at radius 1 is 1.35 bits per heavy atom. The van der Waals surface area contributed by atoms with Crippen LogP contribution in [0.1, 0.15) is 12.8 Å². The molecule has 0 saturated carbocycles. The number of nitrogens with one attached hydrogen (secondary N) is 1. The number of ether oxygens (including phenoxy) is 2. The molecule has 1 fully saturated rings. The lowest BCUT2D eigenvalue weighted by Crippen LogP contribution is -2.29. The molecule has 0 unspecified atom stereocenters. The predicted octanol–water partition coefficient (Wildman–Crippen LogP) is 2.46. The third-order valence-corrected chi connectivity index (χ3v) is 4.09. The van der Waals surface area contributed by atoms with E-state index in [1.807, 2.05) is 37.4 Å². The number of rotatable bonds is 4. The maximum absolute atomic E-state index is 12.3. The number of aryl methyl sites for hydroxylation is 1. The molecule has 1 saturated heterocycles. The van der Waals surface area contributed by atoms with Crippen LogP contribution >= 0.6 is 0 Å². The average molecular weight is 315 g/mol. The van der Waals surface area contributed by atoms with Crippen molar-refractivity contribution in [2.45, 2.75) is 12.8 Å². The lowest BCUT2D eigenvalue weighted by molar-refractivity contribution is -0.122. The van der Waals surface area contributed by atoms with E-state index in [4.69, 9.17) is 9.47 Å². The molecule has 1 aliphatic heterocycles. The number of hydrogen-bond donors (Lipinski definition) is 1. The summed E-state index contributed by atoms with van der Waals surface area (Å²) in [5, 5.41) is 7.45.